The van der Waals surface area contributed by atoms with Crippen LogP contribution in [0.25, 0.3) is 0 Å². The zero-order valence-electron chi connectivity index (χ0n) is 13.8. The van der Waals surface area contributed by atoms with E-state index >= 15 is 0 Å². The molecule has 1 spiro atoms. The Hall–Kier alpha value is -1.36. The Balaban J connectivity index is 1.90. The van der Waals surface area contributed by atoms with Gasteiger partial charge in [0.2, 0.25) is 11.8 Å². The molecule has 1 aromatic rings. The molecule has 3 saturated heterocycles. The monoisotopic (exact) mass is 388 g/mol. The molecule has 24 heavy (non-hydrogen) atoms. The summed E-state index contributed by atoms with van der Waals surface area (Å²) in [4.78, 5) is 30.1. The third-order valence-electron chi connectivity index (χ3n) is 7.05. The summed E-state index contributed by atoms with van der Waals surface area (Å²) in [5.74, 6) is 0.341. The molecule has 4 aliphatic heterocycles. The van der Waals surface area contributed by atoms with E-state index in [4.69, 9.17) is 0 Å². The van der Waals surface area contributed by atoms with Gasteiger partial charge >= 0.3 is 0 Å². The second-order valence-electron chi connectivity index (χ2n) is 7.68. The van der Waals surface area contributed by atoms with Gasteiger partial charge in [0.05, 0.1) is 12.1 Å². The number of para-hydroxylation sites is 1. The predicted octanol–water partition coefficient (Wildman–Crippen LogP) is 3.54. The number of benzene rings is 1. The van der Waals surface area contributed by atoms with Gasteiger partial charge in [0.15, 0.2) is 0 Å². The number of carbonyl (C=O) groups excluding carboxylic acids is 2. The summed E-state index contributed by atoms with van der Waals surface area (Å²) in [6.45, 7) is 2.98. The zero-order valence-corrected chi connectivity index (χ0v) is 15.4. The Kier molecular flexibility index (Phi) is 2.75. The van der Waals surface area contributed by atoms with Gasteiger partial charge in [-0.2, -0.15) is 0 Å². The quantitative estimate of drug-likeness (QED) is 0.690. The van der Waals surface area contributed by atoms with Crippen LogP contribution in [0.3, 0.4) is 0 Å². The Morgan fingerprint density at radius 2 is 1.96 bits per heavy atom. The molecule has 4 nitrogen and oxygen atoms in total. The number of hydrogen-bond acceptors (Lipinski definition) is 2. The van der Waals surface area contributed by atoms with Gasteiger partial charge in [-0.15, -0.1) is 0 Å². The van der Waals surface area contributed by atoms with E-state index in [1.807, 2.05) is 28.0 Å². The number of halogens is 1. The van der Waals surface area contributed by atoms with Crippen LogP contribution in [0.15, 0.2) is 24.3 Å². The molecule has 5 heteroatoms. The molecule has 0 aromatic heterocycles. The minimum absolute atomic E-state index is 0.0339. The Morgan fingerprint density at radius 1 is 1.17 bits per heavy atom. The van der Waals surface area contributed by atoms with Crippen molar-refractivity contribution in [3.8, 4) is 0 Å². The summed E-state index contributed by atoms with van der Waals surface area (Å²) in [7, 11) is 0. The maximum Gasteiger partial charge on any atom is 0.229 e. The molecule has 0 aliphatic carbocycles. The summed E-state index contributed by atoms with van der Waals surface area (Å²) in [6.07, 6.45) is 5.00. The van der Waals surface area contributed by atoms with E-state index in [1.165, 1.54) is 0 Å². The van der Waals surface area contributed by atoms with E-state index in [1.54, 1.807) is 0 Å². The van der Waals surface area contributed by atoms with Crippen molar-refractivity contribution in [3.05, 3.63) is 29.8 Å². The van der Waals surface area contributed by atoms with E-state index in [0.29, 0.717) is 12.8 Å². The van der Waals surface area contributed by atoms with Crippen molar-refractivity contribution < 1.29 is 9.59 Å². The standard InChI is InChI=1S/C19H21BrN2O2/c1-2-17-9-5-11-21-16(24)12-18(20)13-6-3-4-7-14(13)22(19(17,18)21)15(23)8-10-17/h3-4,6-7H,2,5,8-12H2,1H3/t17?,18-,19?/m1/s1. The van der Waals surface area contributed by atoms with Crippen LogP contribution < -0.4 is 4.90 Å². The van der Waals surface area contributed by atoms with Gasteiger partial charge in [-0.1, -0.05) is 41.1 Å². The molecule has 5 rings (SSSR count). The number of alkyl halides is 1. The zero-order chi connectivity index (χ0) is 16.7. The van der Waals surface area contributed by atoms with E-state index < -0.39 is 9.99 Å². The molecule has 0 N–H and O–H groups in total. The number of piperidine rings is 2. The fraction of sp³-hybridized carbons (Fsp3) is 0.579. The predicted molar refractivity (Wildman–Crippen MR) is 94.8 cm³/mol. The van der Waals surface area contributed by atoms with Crippen molar-refractivity contribution in [1.82, 2.24) is 4.90 Å². The van der Waals surface area contributed by atoms with Crippen LogP contribution in [-0.2, 0) is 13.9 Å². The third kappa shape index (κ3) is 1.29. The first-order valence-corrected chi connectivity index (χ1v) is 9.73. The van der Waals surface area contributed by atoms with Gasteiger partial charge in [-0.05, 0) is 37.3 Å². The number of anilines is 1. The number of nitrogens with zero attached hydrogens (tertiary/aromatic N) is 2. The molecule has 4 heterocycles. The molecule has 4 aliphatic rings. The van der Waals surface area contributed by atoms with Crippen molar-refractivity contribution >= 4 is 33.4 Å². The van der Waals surface area contributed by atoms with Crippen molar-refractivity contribution in [1.29, 1.82) is 0 Å². The lowest BCUT2D eigenvalue weighted by molar-refractivity contribution is -0.151. The molecule has 0 saturated carbocycles. The third-order valence-corrected chi connectivity index (χ3v) is 8.32. The Bertz CT molecular complexity index is 780. The molecular formula is C19H21BrN2O2. The van der Waals surface area contributed by atoms with Crippen LogP contribution in [0.5, 0.6) is 0 Å². The van der Waals surface area contributed by atoms with Crippen LogP contribution in [0, 0.1) is 5.41 Å². The largest absolute Gasteiger partial charge is 0.317 e. The summed E-state index contributed by atoms with van der Waals surface area (Å²) < 4.78 is -0.486. The first-order valence-electron chi connectivity index (χ1n) is 8.94. The molecule has 2 unspecified atom stereocenters. The summed E-state index contributed by atoms with van der Waals surface area (Å²) in [5, 5.41) is 0. The molecule has 0 radical (unpaired) electrons. The smallest absolute Gasteiger partial charge is 0.229 e. The van der Waals surface area contributed by atoms with Crippen LogP contribution in [0.4, 0.5) is 5.69 Å². The Labute approximate surface area is 150 Å². The highest BCUT2D eigenvalue weighted by Gasteiger charge is 2.79. The fourth-order valence-electron chi connectivity index (χ4n) is 6.23. The number of rotatable bonds is 1. The lowest BCUT2D eigenvalue weighted by Gasteiger charge is -2.63. The van der Waals surface area contributed by atoms with Gasteiger partial charge < -0.3 is 4.90 Å². The van der Waals surface area contributed by atoms with Crippen LogP contribution in [0.1, 0.15) is 51.0 Å². The minimum atomic E-state index is -0.566. The van der Waals surface area contributed by atoms with Gasteiger partial charge in [-0.3, -0.25) is 14.5 Å². The minimum Gasteiger partial charge on any atom is -0.317 e. The Morgan fingerprint density at radius 3 is 2.75 bits per heavy atom. The van der Waals surface area contributed by atoms with Gasteiger partial charge in [0, 0.05) is 18.4 Å². The van der Waals surface area contributed by atoms with Crippen molar-refractivity contribution in [2.75, 3.05) is 11.4 Å². The second kappa shape index (κ2) is 4.43. The number of fused-ring (bicyclic) bond motifs is 3. The highest BCUT2D eigenvalue weighted by molar-refractivity contribution is 9.09. The van der Waals surface area contributed by atoms with Crippen molar-refractivity contribution in [2.45, 2.75) is 55.4 Å². The lowest BCUT2D eigenvalue weighted by Crippen LogP contribution is -2.76. The van der Waals surface area contributed by atoms with E-state index in [-0.39, 0.29) is 17.2 Å². The average molecular weight is 389 g/mol. The second-order valence-corrected chi connectivity index (χ2v) is 9.03. The summed E-state index contributed by atoms with van der Waals surface area (Å²) in [6, 6.07) is 8.16. The van der Waals surface area contributed by atoms with Crippen molar-refractivity contribution in [2.24, 2.45) is 5.41 Å². The molecule has 1 aromatic carbocycles. The number of carbonyl (C=O) groups is 2. The molecule has 126 valence electrons. The summed E-state index contributed by atoms with van der Waals surface area (Å²) in [5.41, 5.74) is 1.50. The number of amides is 2. The van der Waals surface area contributed by atoms with E-state index in [9.17, 15) is 9.59 Å². The van der Waals surface area contributed by atoms with E-state index in [0.717, 1.165) is 43.5 Å². The molecular weight excluding hydrogens is 368 g/mol. The maximum atomic E-state index is 13.1. The van der Waals surface area contributed by atoms with Gasteiger partial charge in [0.25, 0.3) is 0 Å². The van der Waals surface area contributed by atoms with Gasteiger partial charge in [-0.25, -0.2) is 0 Å². The molecule has 3 atom stereocenters. The summed E-state index contributed by atoms with van der Waals surface area (Å²) >= 11 is 4.05. The van der Waals surface area contributed by atoms with Crippen LogP contribution >= 0.6 is 15.9 Å². The average Bonchev–Trinajstić information content (AvgIpc) is 2.96. The first kappa shape index (κ1) is 14.9. The first-order chi connectivity index (χ1) is 11.5. The lowest BCUT2D eigenvalue weighted by atomic mass is 9.59. The molecule has 0 bridgehead atoms. The SMILES string of the molecule is CCC12CCCN3C(=O)C[C@@]4(Br)c5ccccc5N(C(=O)CC1)C324. The maximum absolute atomic E-state index is 13.1. The topological polar surface area (TPSA) is 40.6 Å². The molecule has 2 amide bonds. The normalized spacial score (nSPS) is 39.8. The van der Waals surface area contributed by atoms with E-state index in [2.05, 4.69) is 28.9 Å². The van der Waals surface area contributed by atoms with Crippen LogP contribution in [-0.4, -0.2) is 28.9 Å². The molecule has 3 fully saturated rings. The highest BCUT2D eigenvalue weighted by Crippen LogP contribution is 2.72. The fourth-order valence-corrected chi connectivity index (χ4v) is 7.62. The van der Waals surface area contributed by atoms with Gasteiger partial charge in [0.1, 0.15) is 9.99 Å². The number of hydrogen-bond donors (Lipinski definition) is 0. The van der Waals surface area contributed by atoms with Crippen LogP contribution in [0.2, 0.25) is 0 Å². The highest BCUT2D eigenvalue weighted by atomic mass is 79.9. The van der Waals surface area contributed by atoms with Crippen molar-refractivity contribution in [3.63, 3.8) is 0 Å².